The maximum absolute atomic E-state index is 5.80. The van der Waals surface area contributed by atoms with Crippen LogP contribution in [0.1, 0.15) is 37.6 Å². The first kappa shape index (κ1) is 24.8. The van der Waals surface area contributed by atoms with Crippen LogP contribution >= 0.6 is 35.3 Å². The van der Waals surface area contributed by atoms with E-state index in [-0.39, 0.29) is 30.1 Å². The Labute approximate surface area is 197 Å². The largest absolute Gasteiger partial charge is 0.379 e. The van der Waals surface area contributed by atoms with E-state index in [1.807, 2.05) is 11.3 Å². The number of guanidine groups is 1. The molecule has 29 heavy (non-hydrogen) atoms. The summed E-state index contributed by atoms with van der Waals surface area (Å²) in [5.74, 6) is 1.77. The molecule has 2 aliphatic rings. The van der Waals surface area contributed by atoms with E-state index in [0.717, 1.165) is 64.4 Å². The van der Waals surface area contributed by atoms with E-state index in [4.69, 9.17) is 14.5 Å². The Hall–Kier alpha value is -0.420. The van der Waals surface area contributed by atoms with Gasteiger partial charge in [0.25, 0.3) is 0 Å². The zero-order valence-electron chi connectivity index (χ0n) is 18.0. The minimum absolute atomic E-state index is 0. The molecule has 1 saturated heterocycles. The maximum atomic E-state index is 5.80. The van der Waals surface area contributed by atoms with Gasteiger partial charge in [-0.05, 0) is 44.1 Å². The minimum atomic E-state index is 0. The highest BCUT2D eigenvalue weighted by atomic mass is 127. The molecule has 1 saturated carbocycles. The normalized spacial score (nSPS) is 21.5. The van der Waals surface area contributed by atoms with Crippen molar-refractivity contribution >= 4 is 41.3 Å². The molecule has 1 aromatic rings. The lowest BCUT2D eigenvalue weighted by Crippen LogP contribution is -2.45. The smallest absolute Gasteiger partial charge is 0.193 e. The zero-order valence-corrected chi connectivity index (χ0v) is 21.2. The van der Waals surface area contributed by atoms with Crippen molar-refractivity contribution in [1.82, 2.24) is 15.1 Å². The highest BCUT2D eigenvalue weighted by molar-refractivity contribution is 14.0. The third-order valence-electron chi connectivity index (χ3n) is 5.32. The number of likely N-dealkylation sites (N-methyl/N-ethyl adjacent to an activating group) is 1. The van der Waals surface area contributed by atoms with E-state index in [1.54, 1.807) is 0 Å². The number of nitrogens with one attached hydrogen (secondary N) is 1. The summed E-state index contributed by atoms with van der Waals surface area (Å²) in [6.07, 6.45) is 2.95. The van der Waals surface area contributed by atoms with Gasteiger partial charge >= 0.3 is 0 Å². The predicted octanol–water partition coefficient (Wildman–Crippen LogP) is 3.45. The summed E-state index contributed by atoms with van der Waals surface area (Å²) >= 11 is 1.82. The molecule has 6 nitrogen and oxygen atoms in total. The van der Waals surface area contributed by atoms with Crippen molar-refractivity contribution in [2.75, 3.05) is 59.6 Å². The van der Waals surface area contributed by atoms with Crippen LogP contribution in [0, 0.1) is 5.92 Å². The molecule has 2 fully saturated rings. The number of hydrogen-bond acceptors (Lipinski definition) is 5. The molecular formula is C21H37IN4O2S. The lowest BCUT2D eigenvalue weighted by atomic mass is 10.1. The van der Waals surface area contributed by atoms with Crippen molar-refractivity contribution in [3.63, 3.8) is 0 Å². The fraction of sp³-hybridized carbons (Fsp3) is 0.762. The fourth-order valence-corrected chi connectivity index (χ4v) is 4.33. The van der Waals surface area contributed by atoms with E-state index in [9.17, 15) is 0 Å². The highest BCUT2D eigenvalue weighted by Crippen LogP contribution is 2.29. The Kier molecular flexibility index (Phi) is 11.2. The number of ether oxygens (including phenoxy) is 2. The molecule has 3 rings (SSSR count). The number of morpholine rings is 1. The van der Waals surface area contributed by atoms with Crippen molar-refractivity contribution in [2.45, 2.75) is 38.8 Å². The molecule has 1 aromatic heterocycles. The van der Waals surface area contributed by atoms with Crippen LogP contribution in [0.5, 0.6) is 0 Å². The van der Waals surface area contributed by atoms with Gasteiger partial charge in [-0.15, -0.1) is 35.3 Å². The first-order valence-corrected chi connectivity index (χ1v) is 11.5. The lowest BCUT2D eigenvalue weighted by Gasteiger charge is -2.36. The molecular weight excluding hydrogens is 499 g/mol. The molecule has 0 bridgehead atoms. The minimum Gasteiger partial charge on any atom is -0.379 e. The molecule has 0 radical (unpaired) electrons. The molecule has 8 heteroatoms. The zero-order chi connectivity index (χ0) is 19.8. The fourth-order valence-electron chi connectivity index (χ4n) is 3.48. The molecule has 1 aliphatic heterocycles. The van der Waals surface area contributed by atoms with E-state index >= 15 is 0 Å². The summed E-state index contributed by atoms with van der Waals surface area (Å²) in [6, 6.07) is 4.67. The Balaban J connectivity index is 0.00000300. The van der Waals surface area contributed by atoms with Gasteiger partial charge in [-0.25, -0.2) is 0 Å². The third-order valence-corrected chi connectivity index (χ3v) is 6.29. The SMILES string of the molecule is CCNC(=NCC(c1cccs1)N1CCOC(C)C1)N(C)CCOCC1CC1.I. The van der Waals surface area contributed by atoms with Crippen LogP contribution in [0.15, 0.2) is 22.5 Å². The Morgan fingerprint density at radius 2 is 2.31 bits per heavy atom. The van der Waals surface area contributed by atoms with Gasteiger partial charge in [0.1, 0.15) is 0 Å². The average Bonchev–Trinajstić information content (AvgIpc) is 3.36. The van der Waals surface area contributed by atoms with Gasteiger partial charge in [0.05, 0.1) is 31.9 Å². The summed E-state index contributed by atoms with van der Waals surface area (Å²) in [6.45, 7) is 11.1. The molecule has 1 aliphatic carbocycles. The summed E-state index contributed by atoms with van der Waals surface area (Å²) < 4.78 is 11.5. The number of halogens is 1. The number of hydrogen-bond donors (Lipinski definition) is 1. The summed E-state index contributed by atoms with van der Waals surface area (Å²) in [5, 5.41) is 5.59. The molecule has 2 heterocycles. The molecule has 2 atom stereocenters. The monoisotopic (exact) mass is 536 g/mol. The number of aliphatic imine (C=N–C) groups is 1. The third kappa shape index (κ3) is 8.32. The van der Waals surface area contributed by atoms with Crippen molar-refractivity contribution in [3.8, 4) is 0 Å². The van der Waals surface area contributed by atoms with Gasteiger partial charge in [-0.2, -0.15) is 0 Å². The molecule has 0 spiro atoms. The molecule has 1 N–H and O–H groups in total. The van der Waals surface area contributed by atoms with E-state index in [1.165, 1.54) is 17.7 Å². The Morgan fingerprint density at radius 3 is 2.97 bits per heavy atom. The molecule has 166 valence electrons. The van der Waals surface area contributed by atoms with Crippen LogP contribution in [0.4, 0.5) is 0 Å². The average molecular weight is 537 g/mol. The van der Waals surface area contributed by atoms with Crippen molar-refractivity contribution in [1.29, 1.82) is 0 Å². The second-order valence-corrected chi connectivity index (χ2v) is 8.82. The second kappa shape index (κ2) is 13.1. The lowest BCUT2D eigenvalue weighted by molar-refractivity contribution is -0.0327. The number of nitrogens with zero attached hydrogens (tertiary/aromatic N) is 3. The van der Waals surface area contributed by atoms with Gasteiger partial charge in [-0.1, -0.05) is 6.07 Å². The van der Waals surface area contributed by atoms with Crippen molar-refractivity contribution in [2.24, 2.45) is 10.9 Å². The number of thiophene rings is 1. The van der Waals surface area contributed by atoms with Gasteiger partial charge in [0.2, 0.25) is 0 Å². The molecule has 0 aromatic carbocycles. The first-order chi connectivity index (χ1) is 13.7. The number of rotatable bonds is 10. The molecule has 0 amide bonds. The summed E-state index contributed by atoms with van der Waals surface area (Å²) in [4.78, 5) is 11.1. The predicted molar refractivity (Wildman–Crippen MR) is 132 cm³/mol. The van der Waals surface area contributed by atoms with Gasteiger partial charge in [0.15, 0.2) is 5.96 Å². The Bertz CT molecular complexity index is 598. The Morgan fingerprint density at radius 1 is 1.48 bits per heavy atom. The van der Waals surface area contributed by atoms with Crippen LogP contribution < -0.4 is 5.32 Å². The van der Waals surface area contributed by atoms with Crippen LogP contribution in [-0.2, 0) is 9.47 Å². The van der Waals surface area contributed by atoms with E-state index < -0.39 is 0 Å². The van der Waals surface area contributed by atoms with Gasteiger partial charge in [0, 0.05) is 44.7 Å². The second-order valence-electron chi connectivity index (χ2n) is 7.84. The van der Waals surface area contributed by atoms with Crippen LogP contribution in [0.2, 0.25) is 0 Å². The van der Waals surface area contributed by atoms with Crippen LogP contribution in [0.3, 0.4) is 0 Å². The maximum Gasteiger partial charge on any atom is 0.193 e. The highest BCUT2D eigenvalue weighted by Gasteiger charge is 2.26. The summed E-state index contributed by atoms with van der Waals surface area (Å²) in [5.41, 5.74) is 0. The van der Waals surface area contributed by atoms with E-state index in [0.29, 0.717) is 6.04 Å². The van der Waals surface area contributed by atoms with Crippen LogP contribution in [-0.4, -0.2) is 81.5 Å². The standard InChI is InChI=1S/C21H36N4O2S.HI/c1-4-22-21(24(3)9-11-26-16-18-7-8-18)23-14-19(20-6-5-13-28-20)25-10-12-27-17(2)15-25;/h5-6,13,17-19H,4,7-12,14-16H2,1-3H3,(H,22,23);1H. The van der Waals surface area contributed by atoms with E-state index in [2.05, 4.69) is 53.5 Å². The van der Waals surface area contributed by atoms with Gasteiger partial charge < -0.3 is 19.7 Å². The first-order valence-electron chi connectivity index (χ1n) is 10.6. The topological polar surface area (TPSA) is 49.3 Å². The quantitative estimate of drug-likeness (QED) is 0.215. The van der Waals surface area contributed by atoms with Crippen molar-refractivity contribution < 1.29 is 9.47 Å². The summed E-state index contributed by atoms with van der Waals surface area (Å²) in [7, 11) is 2.10. The molecule has 2 unspecified atom stereocenters. The van der Waals surface area contributed by atoms with Gasteiger partial charge in [-0.3, -0.25) is 9.89 Å². The van der Waals surface area contributed by atoms with Crippen molar-refractivity contribution in [3.05, 3.63) is 22.4 Å². The van der Waals surface area contributed by atoms with Crippen LogP contribution in [0.25, 0.3) is 0 Å².